The van der Waals surface area contributed by atoms with Gasteiger partial charge in [-0.2, -0.15) is 5.26 Å². The van der Waals surface area contributed by atoms with E-state index in [1.165, 1.54) is 17.3 Å². The number of anilines is 2. The number of nitrogens with two attached hydrogens (primary N) is 2. The van der Waals surface area contributed by atoms with Crippen LogP contribution in [-0.4, -0.2) is 33.1 Å². The molecule has 0 bridgehead atoms. The van der Waals surface area contributed by atoms with Crippen molar-refractivity contribution in [2.75, 3.05) is 23.7 Å². The molecule has 10 heteroatoms. The van der Waals surface area contributed by atoms with Crippen molar-refractivity contribution in [2.45, 2.75) is 41.8 Å². The number of hydrogen-bond donors (Lipinski definition) is 3. The molecule has 1 aromatic carbocycles. The van der Waals surface area contributed by atoms with Crippen molar-refractivity contribution in [3.05, 3.63) is 64.1 Å². The number of fused-ring (bicyclic) bond motifs is 1. The Morgan fingerprint density at radius 3 is 2.79 bits per heavy atom. The molecule has 1 aliphatic heterocycles. The maximum Gasteiger partial charge on any atom is 0.152 e. The molecule has 0 amide bonds. The lowest BCUT2D eigenvalue weighted by atomic mass is 9.73. The number of nitrogens with zero attached hydrogens (tertiary/aromatic N) is 5. The van der Waals surface area contributed by atoms with E-state index in [9.17, 15) is 10.4 Å². The summed E-state index contributed by atoms with van der Waals surface area (Å²) >= 11 is 7.58. The molecule has 2 aliphatic rings. The van der Waals surface area contributed by atoms with Crippen LogP contribution in [0.25, 0.3) is 0 Å². The van der Waals surface area contributed by atoms with Crippen LogP contribution in [0.5, 0.6) is 0 Å². The second-order valence-electron chi connectivity index (χ2n) is 8.78. The monoisotopic (exact) mass is 493 g/mol. The fourth-order valence-corrected chi connectivity index (χ4v) is 6.08. The van der Waals surface area contributed by atoms with Gasteiger partial charge in [-0.25, -0.2) is 15.0 Å². The van der Waals surface area contributed by atoms with Gasteiger partial charge in [-0.05, 0) is 54.0 Å². The third kappa shape index (κ3) is 3.97. The first-order valence-corrected chi connectivity index (χ1v) is 12.2. The lowest BCUT2D eigenvalue weighted by Gasteiger charge is -2.42. The third-order valence-corrected chi connectivity index (χ3v) is 8.39. The van der Waals surface area contributed by atoms with Crippen molar-refractivity contribution in [3.8, 4) is 6.07 Å². The van der Waals surface area contributed by atoms with Crippen molar-refractivity contribution in [1.82, 2.24) is 15.0 Å². The molecule has 1 fully saturated rings. The largest absolute Gasteiger partial charge is 0.390 e. The summed E-state index contributed by atoms with van der Waals surface area (Å²) in [4.78, 5) is 16.1. The SMILES string of the molecule is N#Cc1ccc2c(c1)[C@@H](N)C1(CCN(c3ncc(Sc4ccnc(N)c4Cl)nc3CO)CC1)C2. The molecule has 3 aromatic rings. The maximum absolute atomic E-state index is 10.0. The number of benzene rings is 1. The topological polar surface area (TPSA) is 138 Å². The van der Waals surface area contributed by atoms with Gasteiger partial charge in [0.15, 0.2) is 5.82 Å². The van der Waals surface area contributed by atoms with Crippen LogP contribution in [0, 0.1) is 16.7 Å². The smallest absolute Gasteiger partial charge is 0.152 e. The quantitative estimate of drug-likeness (QED) is 0.498. The van der Waals surface area contributed by atoms with Gasteiger partial charge in [0.1, 0.15) is 16.5 Å². The molecule has 34 heavy (non-hydrogen) atoms. The van der Waals surface area contributed by atoms with Crippen LogP contribution < -0.4 is 16.4 Å². The highest BCUT2D eigenvalue weighted by molar-refractivity contribution is 7.99. The Morgan fingerprint density at radius 2 is 2.06 bits per heavy atom. The minimum absolute atomic E-state index is 0.0203. The Balaban J connectivity index is 1.32. The highest BCUT2D eigenvalue weighted by Gasteiger charge is 2.46. The first kappa shape index (κ1) is 22.9. The van der Waals surface area contributed by atoms with Gasteiger partial charge in [0.25, 0.3) is 0 Å². The minimum Gasteiger partial charge on any atom is -0.390 e. The fourth-order valence-electron chi connectivity index (χ4n) is 5.04. The van der Waals surface area contributed by atoms with E-state index >= 15 is 0 Å². The average molecular weight is 494 g/mol. The summed E-state index contributed by atoms with van der Waals surface area (Å²) in [7, 11) is 0. The number of hydrogen-bond acceptors (Lipinski definition) is 9. The first-order chi connectivity index (χ1) is 16.4. The number of nitriles is 1. The lowest BCUT2D eigenvalue weighted by Crippen LogP contribution is -2.45. The molecular weight excluding hydrogens is 470 g/mol. The van der Waals surface area contributed by atoms with Crippen molar-refractivity contribution in [1.29, 1.82) is 5.26 Å². The second-order valence-corrected chi connectivity index (χ2v) is 10.2. The highest BCUT2D eigenvalue weighted by atomic mass is 35.5. The summed E-state index contributed by atoms with van der Waals surface area (Å²) in [5.74, 6) is 0.954. The van der Waals surface area contributed by atoms with Gasteiger partial charge in [-0.1, -0.05) is 29.4 Å². The lowest BCUT2D eigenvalue weighted by molar-refractivity contribution is 0.186. The Hall–Kier alpha value is -2.90. The van der Waals surface area contributed by atoms with E-state index in [0.717, 1.165) is 42.8 Å². The van der Waals surface area contributed by atoms with E-state index < -0.39 is 0 Å². The number of piperidine rings is 1. The zero-order chi connectivity index (χ0) is 23.9. The summed E-state index contributed by atoms with van der Waals surface area (Å²) in [5, 5.41) is 20.3. The molecule has 5 rings (SSSR count). The van der Waals surface area contributed by atoms with Crippen molar-refractivity contribution in [2.24, 2.45) is 11.1 Å². The number of aliphatic hydroxyl groups is 1. The number of rotatable bonds is 4. The molecule has 0 radical (unpaired) electrons. The summed E-state index contributed by atoms with van der Waals surface area (Å²) in [6.07, 6.45) is 6.01. The summed E-state index contributed by atoms with van der Waals surface area (Å²) in [5.41, 5.74) is 16.0. The Labute approximate surface area is 207 Å². The fraction of sp³-hybridized carbons (Fsp3) is 0.333. The van der Waals surface area contributed by atoms with Crippen LogP contribution in [0.2, 0.25) is 5.02 Å². The van der Waals surface area contributed by atoms with E-state index in [0.29, 0.717) is 27.1 Å². The molecule has 5 N–H and O–H groups in total. The van der Waals surface area contributed by atoms with Crippen LogP contribution >= 0.6 is 23.4 Å². The average Bonchev–Trinajstić information content (AvgIpc) is 3.13. The molecule has 1 saturated heterocycles. The molecule has 2 aromatic heterocycles. The summed E-state index contributed by atoms with van der Waals surface area (Å²) in [6.45, 7) is 1.33. The standard InChI is InChI=1S/C24H24ClN7OS/c25-20-18(3-6-29-22(20)28)34-19-12-30-23(17(13-33)31-19)32-7-4-24(5-8-32)10-15-2-1-14(11-26)9-16(15)21(24)27/h1-3,6,9,12,21,33H,4-5,7-8,10,13,27H2,(H2,28,29)/t21-/m1/s1. The van der Waals surface area contributed by atoms with E-state index in [1.54, 1.807) is 18.5 Å². The molecule has 1 atom stereocenters. The van der Waals surface area contributed by atoms with Crippen LogP contribution in [0.4, 0.5) is 11.6 Å². The number of halogens is 1. The van der Waals surface area contributed by atoms with Crippen molar-refractivity contribution >= 4 is 35.0 Å². The van der Waals surface area contributed by atoms with Gasteiger partial charge >= 0.3 is 0 Å². The molecule has 1 aliphatic carbocycles. The summed E-state index contributed by atoms with van der Waals surface area (Å²) in [6, 6.07) is 9.75. The third-order valence-electron chi connectivity index (χ3n) is 6.92. The summed E-state index contributed by atoms with van der Waals surface area (Å²) < 4.78 is 0. The molecule has 1 spiro atoms. The Kier molecular flexibility index (Phi) is 6.08. The molecule has 8 nitrogen and oxygen atoms in total. The van der Waals surface area contributed by atoms with E-state index in [1.807, 2.05) is 18.2 Å². The van der Waals surface area contributed by atoms with Crippen LogP contribution in [0.15, 0.2) is 46.6 Å². The normalized spacial score (nSPS) is 18.6. The number of aliphatic hydroxyl groups excluding tert-OH is 1. The predicted molar refractivity (Wildman–Crippen MR) is 131 cm³/mol. The molecule has 3 heterocycles. The molecular formula is C24H24ClN7OS. The van der Waals surface area contributed by atoms with Gasteiger partial charge in [0.2, 0.25) is 0 Å². The van der Waals surface area contributed by atoms with Gasteiger partial charge in [-0.15, -0.1) is 0 Å². The number of aromatic nitrogens is 3. The zero-order valence-corrected chi connectivity index (χ0v) is 20.0. The Bertz CT molecular complexity index is 1290. The molecule has 0 saturated carbocycles. The predicted octanol–water partition coefficient (Wildman–Crippen LogP) is 3.47. The zero-order valence-electron chi connectivity index (χ0n) is 18.4. The number of nitrogen functional groups attached to an aromatic ring is 1. The van der Waals surface area contributed by atoms with Crippen molar-refractivity contribution < 1.29 is 5.11 Å². The molecule has 174 valence electrons. The highest BCUT2D eigenvalue weighted by Crippen LogP contribution is 2.51. The number of pyridine rings is 1. The minimum atomic E-state index is -0.216. The van der Waals surface area contributed by atoms with Crippen LogP contribution in [0.3, 0.4) is 0 Å². The van der Waals surface area contributed by atoms with Crippen LogP contribution in [0.1, 0.15) is 41.3 Å². The second kappa shape index (κ2) is 9.04. The van der Waals surface area contributed by atoms with Gasteiger partial charge in [0.05, 0.1) is 29.5 Å². The maximum atomic E-state index is 10.0. The first-order valence-electron chi connectivity index (χ1n) is 11.0. The van der Waals surface area contributed by atoms with Gasteiger partial charge in [-0.3, -0.25) is 0 Å². The van der Waals surface area contributed by atoms with E-state index in [-0.39, 0.29) is 23.9 Å². The molecule has 0 unspecified atom stereocenters. The van der Waals surface area contributed by atoms with Gasteiger partial charge in [0, 0.05) is 30.2 Å². The Morgan fingerprint density at radius 1 is 1.26 bits per heavy atom. The van der Waals surface area contributed by atoms with Crippen molar-refractivity contribution in [3.63, 3.8) is 0 Å². The van der Waals surface area contributed by atoms with Gasteiger partial charge < -0.3 is 21.5 Å². The van der Waals surface area contributed by atoms with E-state index in [4.69, 9.17) is 23.1 Å². The van der Waals surface area contributed by atoms with Crippen LogP contribution in [-0.2, 0) is 13.0 Å². The van der Waals surface area contributed by atoms with E-state index in [2.05, 4.69) is 25.9 Å².